The Morgan fingerprint density at radius 1 is 1.13 bits per heavy atom. The van der Waals surface area contributed by atoms with Crippen molar-refractivity contribution in [3.63, 3.8) is 0 Å². The van der Waals surface area contributed by atoms with Crippen LogP contribution in [0.5, 0.6) is 0 Å². The number of halogens is 1. The summed E-state index contributed by atoms with van der Waals surface area (Å²) in [4.78, 5) is 12.6. The number of carbonyl (C=O) groups is 1. The molecule has 3 aromatic rings. The second-order valence-corrected chi connectivity index (χ2v) is 8.79. The molecule has 8 heteroatoms. The molecule has 2 aromatic carbocycles. The Hall–Kier alpha value is -2.51. The van der Waals surface area contributed by atoms with E-state index < -0.39 is 0 Å². The lowest BCUT2D eigenvalue weighted by Crippen LogP contribution is -2.23. The number of aromatic nitrogens is 3. The lowest BCUT2D eigenvalue weighted by atomic mass is 10.2. The fourth-order valence-corrected chi connectivity index (χ4v) is 3.94. The average molecular weight is 444 g/mol. The lowest BCUT2D eigenvalue weighted by molar-refractivity contribution is -0.115. The van der Waals surface area contributed by atoms with E-state index in [2.05, 4.69) is 20.8 Å². The molecular weight excluding hydrogens is 418 g/mol. The maximum Gasteiger partial charge on any atom is 0.237 e. The minimum Gasteiger partial charge on any atom is -0.378 e. The quantitative estimate of drug-likeness (QED) is 0.462. The summed E-state index contributed by atoms with van der Waals surface area (Å²) in [6, 6.07) is 13.6. The molecule has 1 amide bonds. The number of hydrogen-bond donors (Lipinski definition) is 2. The molecule has 0 aliphatic heterocycles. The van der Waals surface area contributed by atoms with Crippen LogP contribution in [0, 0.1) is 13.8 Å². The van der Waals surface area contributed by atoms with Crippen molar-refractivity contribution in [2.45, 2.75) is 51.2 Å². The van der Waals surface area contributed by atoms with E-state index in [1.807, 2.05) is 74.7 Å². The molecule has 1 unspecified atom stereocenters. The first kappa shape index (κ1) is 22.2. The van der Waals surface area contributed by atoms with Crippen LogP contribution in [0.15, 0.2) is 47.6 Å². The molecule has 0 radical (unpaired) electrons. The summed E-state index contributed by atoms with van der Waals surface area (Å²) < 4.78 is 2.02. The van der Waals surface area contributed by atoms with Gasteiger partial charge in [0.15, 0.2) is 11.0 Å². The summed E-state index contributed by atoms with van der Waals surface area (Å²) >= 11 is 7.60. The maximum atomic E-state index is 12.6. The van der Waals surface area contributed by atoms with Gasteiger partial charge in [-0.3, -0.25) is 4.79 Å². The topological polar surface area (TPSA) is 71.8 Å². The van der Waals surface area contributed by atoms with Crippen LogP contribution in [-0.2, 0) is 17.9 Å². The van der Waals surface area contributed by atoms with Crippen LogP contribution in [-0.4, -0.2) is 25.9 Å². The lowest BCUT2D eigenvalue weighted by Gasteiger charge is -2.13. The molecule has 2 N–H and O–H groups in total. The highest BCUT2D eigenvalue weighted by Gasteiger charge is 2.20. The SMILES string of the molecule is CCn1c(CNc2ccc(C)c(Cl)c2)nnc1SC(C)C(=O)Nc1ccc(C)cc1. The molecule has 1 heterocycles. The zero-order valence-electron chi connectivity index (χ0n) is 17.6. The minimum atomic E-state index is -0.308. The van der Waals surface area contributed by atoms with E-state index in [-0.39, 0.29) is 11.2 Å². The molecule has 1 aromatic heterocycles. The molecule has 0 aliphatic rings. The van der Waals surface area contributed by atoms with Crippen molar-refractivity contribution in [1.82, 2.24) is 14.8 Å². The number of amides is 1. The van der Waals surface area contributed by atoms with Crippen molar-refractivity contribution in [2.24, 2.45) is 0 Å². The summed E-state index contributed by atoms with van der Waals surface area (Å²) in [5.41, 5.74) is 3.91. The molecule has 0 bridgehead atoms. The third-order valence-corrected chi connectivity index (χ3v) is 6.19. The third-order valence-electron chi connectivity index (χ3n) is 4.70. The number of nitrogens with one attached hydrogen (secondary N) is 2. The van der Waals surface area contributed by atoms with Crippen molar-refractivity contribution >= 4 is 40.6 Å². The second kappa shape index (κ2) is 10.00. The van der Waals surface area contributed by atoms with Gasteiger partial charge in [0, 0.05) is 22.9 Å². The van der Waals surface area contributed by atoms with E-state index >= 15 is 0 Å². The number of rotatable bonds is 8. The Morgan fingerprint density at radius 2 is 1.83 bits per heavy atom. The molecule has 6 nitrogen and oxygen atoms in total. The fraction of sp³-hybridized carbons (Fsp3) is 0.318. The molecule has 3 rings (SSSR count). The van der Waals surface area contributed by atoms with Crippen molar-refractivity contribution < 1.29 is 4.79 Å². The Balaban J connectivity index is 1.63. The zero-order chi connectivity index (χ0) is 21.7. The predicted octanol–water partition coefficient (Wildman–Crippen LogP) is 5.30. The summed E-state index contributed by atoms with van der Waals surface area (Å²) in [5.74, 6) is 0.742. The van der Waals surface area contributed by atoms with Crippen LogP contribution >= 0.6 is 23.4 Å². The number of aryl methyl sites for hydroxylation is 2. The molecule has 0 spiro atoms. The van der Waals surface area contributed by atoms with E-state index in [4.69, 9.17) is 11.6 Å². The molecule has 158 valence electrons. The Morgan fingerprint density at radius 3 is 2.50 bits per heavy atom. The Bertz CT molecular complexity index is 1020. The van der Waals surface area contributed by atoms with Gasteiger partial charge in [-0.05, 0) is 57.5 Å². The van der Waals surface area contributed by atoms with Crippen LogP contribution in [0.4, 0.5) is 11.4 Å². The summed E-state index contributed by atoms with van der Waals surface area (Å²) in [7, 11) is 0. The van der Waals surface area contributed by atoms with Gasteiger partial charge in [0.25, 0.3) is 0 Å². The van der Waals surface area contributed by atoms with Gasteiger partial charge in [-0.2, -0.15) is 0 Å². The van der Waals surface area contributed by atoms with E-state index in [0.29, 0.717) is 13.1 Å². The fourth-order valence-electron chi connectivity index (χ4n) is 2.83. The molecule has 30 heavy (non-hydrogen) atoms. The molecular formula is C22H26ClN5OS. The number of hydrogen-bond acceptors (Lipinski definition) is 5. The van der Waals surface area contributed by atoms with Crippen molar-refractivity contribution in [3.8, 4) is 0 Å². The maximum absolute atomic E-state index is 12.6. The molecule has 0 fully saturated rings. The highest BCUT2D eigenvalue weighted by Crippen LogP contribution is 2.25. The van der Waals surface area contributed by atoms with Crippen molar-refractivity contribution in [3.05, 3.63) is 64.4 Å². The van der Waals surface area contributed by atoms with Gasteiger partial charge in [-0.1, -0.05) is 47.1 Å². The normalized spacial score (nSPS) is 11.9. The van der Waals surface area contributed by atoms with Crippen molar-refractivity contribution in [1.29, 1.82) is 0 Å². The first-order valence-corrected chi connectivity index (χ1v) is 11.1. The standard InChI is InChI=1S/C22H26ClN5OS/c1-5-28-20(13-24-18-11-8-15(3)19(23)12-18)26-27-22(28)30-16(4)21(29)25-17-9-6-14(2)7-10-17/h6-12,16,24H,5,13H2,1-4H3,(H,25,29). The largest absolute Gasteiger partial charge is 0.378 e. The number of carbonyl (C=O) groups excluding carboxylic acids is 1. The van der Waals surface area contributed by atoms with Gasteiger partial charge in [0.1, 0.15) is 0 Å². The molecule has 0 aliphatic carbocycles. The predicted molar refractivity (Wildman–Crippen MR) is 124 cm³/mol. The van der Waals surface area contributed by atoms with E-state index in [1.165, 1.54) is 11.8 Å². The van der Waals surface area contributed by atoms with Gasteiger partial charge < -0.3 is 15.2 Å². The highest BCUT2D eigenvalue weighted by atomic mass is 35.5. The van der Waals surface area contributed by atoms with Gasteiger partial charge in [-0.15, -0.1) is 10.2 Å². The van der Waals surface area contributed by atoms with Crippen LogP contribution in [0.1, 0.15) is 30.8 Å². The first-order chi connectivity index (χ1) is 14.4. The van der Waals surface area contributed by atoms with Crippen LogP contribution in [0.2, 0.25) is 5.02 Å². The number of benzene rings is 2. The molecule has 0 saturated heterocycles. The van der Waals surface area contributed by atoms with Gasteiger partial charge in [0.05, 0.1) is 11.8 Å². The summed E-state index contributed by atoms with van der Waals surface area (Å²) in [6.07, 6.45) is 0. The van der Waals surface area contributed by atoms with Gasteiger partial charge in [0.2, 0.25) is 5.91 Å². The molecule has 0 saturated carbocycles. The average Bonchev–Trinajstić information content (AvgIpc) is 3.11. The van der Waals surface area contributed by atoms with Crippen LogP contribution < -0.4 is 10.6 Å². The summed E-state index contributed by atoms with van der Waals surface area (Å²) in [6.45, 7) is 9.13. The summed E-state index contributed by atoms with van der Waals surface area (Å²) in [5, 5.41) is 16.0. The second-order valence-electron chi connectivity index (χ2n) is 7.08. The van der Waals surface area contributed by atoms with Crippen molar-refractivity contribution in [2.75, 3.05) is 10.6 Å². The van der Waals surface area contributed by atoms with Crippen LogP contribution in [0.25, 0.3) is 0 Å². The first-order valence-electron chi connectivity index (χ1n) is 9.83. The van der Waals surface area contributed by atoms with E-state index in [1.54, 1.807) is 0 Å². The van der Waals surface area contributed by atoms with E-state index in [0.717, 1.165) is 38.5 Å². The van der Waals surface area contributed by atoms with Gasteiger partial charge >= 0.3 is 0 Å². The monoisotopic (exact) mass is 443 g/mol. The van der Waals surface area contributed by atoms with Crippen LogP contribution in [0.3, 0.4) is 0 Å². The third kappa shape index (κ3) is 5.55. The highest BCUT2D eigenvalue weighted by molar-refractivity contribution is 8.00. The van der Waals surface area contributed by atoms with Gasteiger partial charge in [-0.25, -0.2) is 0 Å². The number of anilines is 2. The molecule has 1 atom stereocenters. The zero-order valence-corrected chi connectivity index (χ0v) is 19.1. The number of thioether (sulfide) groups is 1. The smallest absolute Gasteiger partial charge is 0.237 e. The minimum absolute atomic E-state index is 0.0662. The van der Waals surface area contributed by atoms with E-state index in [9.17, 15) is 4.79 Å². The number of nitrogens with zero attached hydrogens (tertiary/aromatic N) is 3. The Labute approximate surface area is 186 Å². The Kier molecular flexibility index (Phi) is 7.39.